The van der Waals surface area contributed by atoms with Crippen molar-refractivity contribution in [3.8, 4) is 11.5 Å². The molecule has 1 N–H and O–H groups in total. The Morgan fingerprint density at radius 2 is 1.94 bits per heavy atom. The van der Waals surface area contributed by atoms with E-state index in [1.807, 2.05) is 24.3 Å². The third-order valence-corrected chi connectivity index (χ3v) is 7.28. The van der Waals surface area contributed by atoms with Crippen LogP contribution in [0.25, 0.3) is 0 Å². The first-order chi connectivity index (χ1) is 14.9. The van der Waals surface area contributed by atoms with Crippen molar-refractivity contribution in [1.29, 1.82) is 0 Å². The molecule has 1 saturated carbocycles. The van der Waals surface area contributed by atoms with Crippen LogP contribution in [0.3, 0.4) is 0 Å². The number of carbonyl (C=O) groups excluding carboxylic acids is 1. The van der Waals surface area contributed by atoms with Gasteiger partial charge < -0.3 is 14.4 Å². The van der Waals surface area contributed by atoms with Crippen LogP contribution in [-0.2, 0) is 14.8 Å². The third kappa shape index (κ3) is 5.02. The monoisotopic (exact) mass is 444 g/mol. The van der Waals surface area contributed by atoms with Crippen molar-refractivity contribution < 1.29 is 22.7 Å². The summed E-state index contributed by atoms with van der Waals surface area (Å²) in [5.41, 5.74) is 1.40. The van der Waals surface area contributed by atoms with Crippen LogP contribution >= 0.6 is 0 Å². The molecule has 1 heterocycles. The molecule has 1 fully saturated rings. The molecule has 1 aliphatic carbocycles. The second-order valence-electron chi connectivity index (χ2n) is 8.03. The zero-order valence-electron chi connectivity index (χ0n) is 17.7. The van der Waals surface area contributed by atoms with Crippen LogP contribution in [0.4, 0.5) is 5.69 Å². The maximum absolute atomic E-state index is 12.7. The molecule has 4 rings (SSSR count). The number of ether oxygens (including phenoxy) is 2. The predicted octanol–water partition coefficient (Wildman–Crippen LogP) is 3.41. The van der Waals surface area contributed by atoms with Crippen molar-refractivity contribution in [2.45, 2.75) is 50.0 Å². The zero-order chi connectivity index (χ0) is 21.8. The highest BCUT2D eigenvalue weighted by molar-refractivity contribution is 7.89. The summed E-state index contributed by atoms with van der Waals surface area (Å²) < 4.78 is 39.6. The van der Waals surface area contributed by atoms with E-state index in [2.05, 4.69) is 4.72 Å². The minimum Gasteiger partial charge on any atom is -0.490 e. The largest absolute Gasteiger partial charge is 0.490 e. The van der Waals surface area contributed by atoms with E-state index in [1.165, 1.54) is 6.07 Å². The van der Waals surface area contributed by atoms with E-state index in [0.29, 0.717) is 30.2 Å². The number of para-hydroxylation sites is 2. The summed E-state index contributed by atoms with van der Waals surface area (Å²) in [6.45, 7) is 2.54. The molecular weight excluding hydrogens is 416 g/mol. The van der Waals surface area contributed by atoms with Gasteiger partial charge in [-0.1, -0.05) is 31.4 Å². The van der Waals surface area contributed by atoms with E-state index < -0.39 is 10.0 Å². The van der Waals surface area contributed by atoms with Crippen LogP contribution in [-0.4, -0.2) is 40.1 Å². The Labute approximate surface area is 183 Å². The van der Waals surface area contributed by atoms with Crippen LogP contribution in [0.5, 0.6) is 11.5 Å². The summed E-state index contributed by atoms with van der Waals surface area (Å²) in [6.07, 6.45) is 5.04. The van der Waals surface area contributed by atoms with Gasteiger partial charge in [0.05, 0.1) is 17.1 Å². The summed E-state index contributed by atoms with van der Waals surface area (Å²) in [4.78, 5) is 14.6. The highest BCUT2D eigenvalue weighted by Crippen LogP contribution is 2.31. The highest BCUT2D eigenvalue weighted by Gasteiger charge is 2.25. The van der Waals surface area contributed by atoms with Gasteiger partial charge in [0, 0.05) is 6.04 Å². The molecule has 0 radical (unpaired) electrons. The number of benzene rings is 2. The lowest BCUT2D eigenvalue weighted by atomic mass is 9.96. The zero-order valence-corrected chi connectivity index (χ0v) is 18.5. The molecule has 31 heavy (non-hydrogen) atoms. The number of sulfonamides is 1. The Bertz CT molecular complexity index is 1050. The maximum atomic E-state index is 12.7. The Morgan fingerprint density at radius 1 is 1.16 bits per heavy atom. The number of fused-ring (bicyclic) bond motifs is 1. The number of hydrogen-bond acceptors (Lipinski definition) is 5. The summed E-state index contributed by atoms with van der Waals surface area (Å²) >= 11 is 0. The molecule has 1 amide bonds. The average Bonchev–Trinajstić information content (AvgIpc) is 2.78. The molecule has 0 atom stereocenters. The van der Waals surface area contributed by atoms with Crippen LogP contribution in [0.15, 0.2) is 47.4 Å². The van der Waals surface area contributed by atoms with Crippen LogP contribution in [0.1, 0.15) is 37.7 Å². The number of carbonyl (C=O) groups is 1. The summed E-state index contributed by atoms with van der Waals surface area (Å²) in [6, 6.07) is 12.1. The number of aryl methyl sites for hydroxylation is 1. The molecule has 1 aliphatic heterocycles. The van der Waals surface area contributed by atoms with E-state index in [9.17, 15) is 13.2 Å². The van der Waals surface area contributed by atoms with Gasteiger partial charge in [-0.25, -0.2) is 13.1 Å². The highest BCUT2D eigenvalue weighted by atomic mass is 32.2. The smallest absolute Gasteiger partial charge is 0.265 e. The second kappa shape index (κ2) is 9.28. The van der Waals surface area contributed by atoms with Gasteiger partial charge in [-0.3, -0.25) is 4.79 Å². The van der Waals surface area contributed by atoms with Crippen molar-refractivity contribution in [3.63, 3.8) is 0 Å². The van der Waals surface area contributed by atoms with Crippen molar-refractivity contribution in [2.24, 2.45) is 0 Å². The normalized spacial score (nSPS) is 17.0. The van der Waals surface area contributed by atoms with Crippen molar-refractivity contribution in [1.82, 2.24) is 4.72 Å². The van der Waals surface area contributed by atoms with Crippen molar-refractivity contribution >= 4 is 21.6 Å². The quantitative estimate of drug-likeness (QED) is 0.738. The molecule has 7 nitrogen and oxygen atoms in total. The van der Waals surface area contributed by atoms with Crippen molar-refractivity contribution in [3.05, 3.63) is 48.0 Å². The van der Waals surface area contributed by atoms with Crippen LogP contribution in [0, 0.1) is 6.92 Å². The average molecular weight is 445 g/mol. The van der Waals surface area contributed by atoms with Gasteiger partial charge in [0.15, 0.2) is 6.61 Å². The molecule has 2 aromatic rings. The van der Waals surface area contributed by atoms with Gasteiger partial charge in [0.2, 0.25) is 10.0 Å². The minimum atomic E-state index is -3.58. The predicted molar refractivity (Wildman–Crippen MR) is 118 cm³/mol. The molecule has 0 spiro atoms. The summed E-state index contributed by atoms with van der Waals surface area (Å²) in [7, 11) is -3.58. The maximum Gasteiger partial charge on any atom is 0.265 e. The first-order valence-corrected chi connectivity index (χ1v) is 12.2. The van der Waals surface area contributed by atoms with Crippen LogP contribution < -0.4 is 19.1 Å². The fraction of sp³-hybridized carbons (Fsp3) is 0.435. The fourth-order valence-electron chi connectivity index (χ4n) is 4.10. The van der Waals surface area contributed by atoms with E-state index in [-0.39, 0.29) is 23.5 Å². The van der Waals surface area contributed by atoms with E-state index >= 15 is 0 Å². The van der Waals surface area contributed by atoms with Gasteiger partial charge in [-0.2, -0.15) is 0 Å². The molecule has 166 valence electrons. The van der Waals surface area contributed by atoms with Gasteiger partial charge in [0.1, 0.15) is 18.1 Å². The number of nitrogens with one attached hydrogen (secondary N) is 1. The Hall–Kier alpha value is -2.58. The molecule has 0 unspecified atom stereocenters. The minimum absolute atomic E-state index is 0.00371. The molecule has 0 aromatic heterocycles. The molecule has 0 bridgehead atoms. The SMILES string of the molecule is Cc1cc(S(=O)(=O)NC2CCCCC2)ccc1OCC(=O)N1CCOc2ccccc21. The standard InChI is InChI=1S/C23H28N2O5S/c1-17-15-19(31(27,28)24-18-7-3-2-4-8-18)11-12-21(17)30-16-23(26)25-13-14-29-22-10-6-5-9-20(22)25/h5-6,9-12,15,18,24H,2-4,7-8,13-14,16H2,1H3. The van der Waals surface area contributed by atoms with Gasteiger partial charge in [0.25, 0.3) is 5.91 Å². The summed E-state index contributed by atoms with van der Waals surface area (Å²) in [5.74, 6) is 0.996. The lowest BCUT2D eigenvalue weighted by Crippen LogP contribution is -2.40. The molecule has 2 aromatic carbocycles. The fourth-order valence-corrected chi connectivity index (χ4v) is 5.49. The number of nitrogens with zero attached hydrogens (tertiary/aromatic N) is 1. The molecule has 2 aliphatic rings. The number of rotatable bonds is 6. The van der Waals surface area contributed by atoms with Gasteiger partial charge in [-0.15, -0.1) is 0 Å². The Kier molecular flexibility index (Phi) is 6.48. The topological polar surface area (TPSA) is 84.9 Å². The first kappa shape index (κ1) is 21.6. The van der Waals surface area contributed by atoms with E-state index in [1.54, 1.807) is 24.0 Å². The molecular formula is C23H28N2O5S. The molecule has 0 saturated heterocycles. The lowest BCUT2D eigenvalue weighted by molar-refractivity contribution is -0.120. The van der Waals surface area contributed by atoms with Gasteiger partial charge in [-0.05, 0) is 55.7 Å². The van der Waals surface area contributed by atoms with E-state index in [4.69, 9.17) is 9.47 Å². The Morgan fingerprint density at radius 3 is 2.71 bits per heavy atom. The second-order valence-corrected chi connectivity index (χ2v) is 9.75. The first-order valence-electron chi connectivity index (χ1n) is 10.7. The van der Waals surface area contributed by atoms with Crippen LogP contribution in [0.2, 0.25) is 0 Å². The number of amides is 1. The number of anilines is 1. The lowest BCUT2D eigenvalue weighted by Gasteiger charge is -2.29. The molecule has 8 heteroatoms. The van der Waals surface area contributed by atoms with Crippen molar-refractivity contribution in [2.75, 3.05) is 24.7 Å². The van der Waals surface area contributed by atoms with Gasteiger partial charge >= 0.3 is 0 Å². The number of hydrogen-bond donors (Lipinski definition) is 1. The summed E-state index contributed by atoms with van der Waals surface area (Å²) in [5, 5.41) is 0. The third-order valence-electron chi connectivity index (χ3n) is 5.76. The Balaban J connectivity index is 1.40. The van der Waals surface area contributed by atoms with E-state index in [0.717, 1.165) is 37.8 Å².